The number of aliphatic hydroxyl groups is 6. The summed E-state index contributed by atoms with van der Waals surface area (Å²) < 4.78 is 21.4. The van der Waals surface area contributed by atoms with E-state index in [2.05, 4.69) is 24.3 Å². The van der Waals surface area contributed by atoms with Crippen molar-refractivity contribution in [2.24, 2.45) is 23.7 Å². The van der Waals surface area contributed by atoms with Crippen LogP contribution in [0.2, 0.25) is 0 Å². The van der Waals surface area contributed by atoms with Crippen LogP contribution in [0.25, 0.3) is 0 Å². The molecule has 2 aliphatic carbocycles. The topological polar surface area (TPSA) is 192 Å². The maximum Gasteiger partial charge on any atom is 0.305 e. The number of allylic oxidation sites excluding steroid dienone is 4. The Morgan fingerprint density at radius 3 is 1.30 bits per heavy atom. The van der Waals surface area contributed by atoms with E-state index in [1.807, 2.05) is 60.7 Å². The van der Waals surface area contributed by atoms with Gasteiger partial charge in [-0.2, -0.15) is 0 Å². The molecule has 6 N–H and O–H groups in total. The summed E-state index contributed by atoms with van der Waals surface area (Å²) in [6.07, 6.45) is 15.7. The number of aliphatic hydroxyl groups excluding tert-OH is 6. The van der Waals surface area contributed by atoms with Crippen LogP contribution in [-0.2, 0) is 41.4 Å². The van der Waals surface area contributed by atoms with Crippen molar-refractivity contribution in [3.05, 3.63) is 96.1 Å². The van der Waals surface area contributed by atoms with Crippen molar-refractivity contribution in [1.29, 1.82) is 0 Å². The molecule has 0 spiro atoms. The lowest BCUT2D eigenvalue weighted by Gasteiger charge is -2.23. The van der Waals surface area contributed by atoms with E-state index in [4.69, 9.17) is 18.9 Å². The van der Waals surface area contributed by atoms with Crippen LogP contribution in [0.4, 0.5) is 0 Å². The standard InChI is InChI=1S/C52H78O12/c53-41(25-23-39-15-7-5-8-16-39)27-29-45-43(47(55)37-49(45)57)19-11-1-3-13-21-51(59)63-35-33-61-31-32-62-34-36-64-52(60)22-14-4-2-12-20-44-46(50(58)38-48(44)56)30-28-42(54)26-24-40-17-9-6-10-18-40/h1-2,5-12,15-18,41-50,53-58H,3-4,13-14,19-38H2/b11-1-,12-2-/t41-,42+,43+,44-,45+,46-,47-,48+,49+,50-. The van der Waals surface area contributed by atoms with Gasteiger partial charge < -0.3 is 49.6 Å². The molecule has 12 nitrogen and oxygen atoms in total. The van der Waals surface area contributed by atoms with Crippen molar-refractivity contribution in [3.8, 4) is 0 Å². The smallest absolute Gasteiger partial charge is 0.305 e. The molecule has 2 aliphatic rings. The van der Waals surface area contributed by atoms with Gasteiger partial charge >= 0.3 is 11.9 Å². The monoisotopic (exact) mass is 895 g/mol. The lowest BCUT2D eigenvalue weighted by Crippen LogP contribution is -2.23. The number of carbonyl (C=O) groups excluding carboxylic acids is 2. The Kier molecular flexibility index (Phi) is 26.1. The van der Waals surface area contributed by atoms with E-state index in [0.29, 0.717) is 116 Å². The third-order valence-corrected chi connectivity index (χ3v) is 12.9. The molecule has 0 aliphatic heterocycles. The predicted molar refractivity (Wildman–Crippen MR) is 246 cm³/mol. The first-order chi connectivity index (χ1) is 31.1. The quantitative estimate of drug-likeness (QED) is 0.0256. The third kappa shape index (κ3) is 21.2. The Morgan fingerprint density at radius 2 is 0.891 bits per heavy atom. The number of esters is 2. The predicted octanol–water partition coefficient (Wildman–Crippen LogP) is 6.60. The molecule has 2 fully saturated rings. The van der Waals surface area contributed by atoms with E-state index in [0.717, 1.165) is 12.8 Å². The minimum absolute atomic E-state index is 0.0530. The Bertz CT molecular complexity index is 1470. The molecule has 0 unspecified atom stereocenters. The average molecular weight is 895 g/mol. The average Bonchev–Trinajstić information content (AvgIpc) is 3.73. The van der Waals surface area contributed by atoms with Crippen LogP contribution in [0, 0.1) is 23.7 Å². The molecule has 2 saturated carbocycles. The van der Waals surface area contributed by atoms with E-state index >= 15 is 0 Å². The summed E-state index contributed by atoms with van der Waals surface area (Å²) in [5.41, 5.74) is 2.39. The molecular formula is C52H78O12. The number of carbonyl (C=O) groups is 2. The van der Waals surface area contributed by atoms with Crippen molar-refractivity contribution < 1.29 is 59.2 Å². The molecule has 0 amide bonds. The summed E-state index contributed by atoms with van der Waals surface area (Å²) in [7, 11) is 0. The molecule has 12 heteroatoms. The number of rotatable bonds is 33. The van der Waals surface area contributed by atoms with Crippen molar-refractivity contribution in [2.75, 3.05) is 39.6 Å². The minimum atomic E-state index is -0.568. The summed E-state index contributed by atoms with van der Waals surface area (Å²) in [5.74, 6) is -0.790. The molecule has 10 atom stereocenters. The highest BCUT2D eigenvalue weighted by Gasteiger charge is 2.41. The van der Waals surface area contributed by atoms with Gasteiger partial charge in [0.05, 0.1) is 63.1 Å². The van der Waals surface area contributed by atoms with Crippen molar-refractivity contribution in [2.45, 2.75) is 152 Å². The zero-order valence-electron chi connectivity index (χ0n) is 38.0. The van der Waals surface area contributed by atoms with Gasteiger partial charge in [0, 0.05) is 12.8 Å². The van der Waals surface area contributed by atoms with E-state index in [9.17, 15) is 40.2 Å². The van der Waals surface area contributed by atoms with Gasteiger partial charge in [-0.15, -0.1) is 0 Å². The van der Waals surface area contributed by atoms with Gasteiger partial charge in [-0.05, 0) is 138 Å². The number of ether oxygens (including phenoxy) is 4. The Labute approximate surface area is 381 Å². The molecule has 0 heterocycles. The fourth-order valence-corrected chi connectivity index (χ4v) is 9.19. The number of benzene rings is 2. The normalized spacial score (nSPS) is 24.4. The highest BCUT2D eigenvalue weighted by atomic mass is 16.6. The second-order valence-corrected chi connectivity index (χ2v) is 17.8. The van der Waals surface area contributed by atoms with Gasteiger partial charge in [-0.1, -0.05) is 85.0 Å². The SMILES string of the molecule is O=C(CCC/C=C\C[C@@H]1[C@@H](CC[C@@H](O)CCc2ccccc2)[C@H](O)C[C@@H]1O)OCCOCCOCCOC(=O)CCC/C=C\C[C@H]1[C@H](CC[C@H](O)CCc2ccccc2)[C@@H](O)C[C@H]1O. The molecule has 358 valence electrons. The second kappa shape index (κ2) is 31.5. The first-order valence-corrected chi connectivity index (χ1v) is 24.0. The molecule has 0 bridgehead atoms. The maximum atomic E-state index is 12.1. The number of aryl methyl sites for hydroxylation is 2. The van der Waals surface area contributed by atoms with Gasteiger partial charge in [0.1, 0.15) is 13.2 Å². The van der Waals surface area contributed by atoms with E-state index in [1.54, 1.807) is 0 Å². The van der Waals surface area contributed by atoms with Crippen LogP contribution in [0.15, 0.2) is 85.0 Å². The number of hydrogen-bond donors (Lipinski definition) is 6. The summed E-state index contributed by atoms with van der Waals surface area (Å²) in [5, 5.41) is 63.4. The molecule has 0 radical (unpaired) electrons. The second-order valence-electron chi connectivity index (χ2n) is 17.8. The highest BCUT2D eigenvalue weighted by molar-refractivity contribution is 5.69. The van der Waals surface area contributed by atoms with E-state index in [-0.39, 0.29) is 62.0 Å². The summed E-state index contributed by atoms with van der Waals surface area (Å²) in [6.45, 7) is 1.45. The Hall–Kier alpha value is -3.46. The lowest BCUT2D eigenvalue weighted by atomic mass is 9.85. The zero-order valence-corrected chi connectivity index (χ0v) is 38.0. The Morgan fingerprint density at radius 1 is 0.516 bits per heavy atom. The first-order valence-electron chi connectivity index (χ1n) is 24.0. The lowest BCUT2D eigenvalue weighted by molar-refractivity contribution is -0.147. The summed E-state index contributed by atoms with van der Waals surface area (Å²) in [4.78, 5) is 24.2. The fourth-order valence-electron chi connectivity index (χ4n) is 9.19. The molecule has 2 aromatic carbocycles. The van der Waals surface area contributed by atoms with Crippen LogP contribution in [0.1, 0.15) is 114 Å². The molecule has 0 saturated heterocycles. The fraction of sp³-hybridized carbons (Fsp3) is 0.654. The van der Waals surface area contributed by atoms with Crippen molar-refractivity contribution in [1.82, 2.24) is 0 Å². The molecular weight excluding hydrogens is 817 g/mol. The van der Waals surface area contributed by atoms with Crippen LogP contribution in [0.3, 0.4) is 0 Å². The van der Waals surface area contributed by atoms with Gasteiger partial charge in [-0.3, -0.25) is 9.59 Å². The molecule has 2 aromatic rings. The van der Waals surface area contributed by atoms with Gasteiger partial charge in [-0.25, -0.2) is 0 Å². The Balaban J connectivity index is 0.917. The van der Waals surface area contributed by atoms with E-state index in [1.165, 1.54) is 11.1 Å². The number of unbranched alkanes of at least 4 members (excludes halogenated alkanes) is 2. The van der Waals surface area contributed by atoms with Crippen LogP contribution in [-0.4, -0.2) is 119 Å². The van der Waals surface area contributed by atoms with Gasteiger partial charge in [0.2, 0.25) is 0 Å². The van der Waals surface area contributed by atoms with Gasteiger partial charge in [0.15, 0.2) is 0 Å². The summed E-state index contributed by atoms with van der Waals surface area (Å²) in [6, 6.07) is 20.2. The van der Waals surface area contributed by atoms with Crippen LogP contribution in [0.5, 0.6) is 0 Å². The zero-order chi connectivity index (χ0) is 45.8. The maximum absolute atomic E-state index is 12.1. The molecule has 4 rings (SSSR count). The van der Waals surface area contributed by atoms with Crippen LogP contribution >= 0.6 is 0 Å². The number of hydrogen-bond acceptors (Lipinski definition) is 12. The highest BCUT2D eigenvalue weighted by Crippen LogP contribution is 2.40. The van der Waals surface area contributed by atoms with Crippen LogP contribution < -0.4 is 0 Å². The molecule has 64 heavy (non-hydrogen) atoms. The van der Waals surface area contributed by atoms with Crippen molar-refractivity contribution in [3.63, 3.8) is 0 Å². The van der Waals surface area contributed by atoms with E-state index < -0.39 is 36.6 Å². The summed E-state index contributed by atoms with van der Waals surface area (Å²) >= 11 is 0. The first kappa shape index (κ1) is 53.2. The third-order valence-electron chi connectivity index (χ3n) is 12.9. The largest absolute Gasteiger partial charge is 0.463 e. The van der Waals surface area contributed by atoms with Crippen molar-refractivity contribution >= 4 is 11.9 Å². The minimum Gasteiger partial charge on any atom is -0.463 e. The van der Waals surface area contributed by atoms with Gasteiger partial charge in [0.25, 0.3) is 0 Å². The molecule has 0 aromatic heterocycles.